The van der Waals surface area contributed by atoms with E-state index >= 15 is 0 Å². The first kappa shape index (κ1) is 21.4. The van der Waals surface area contributed by atoms with Crippen LogP contribution in [-0.2, 0) is 20.0 Å². The van der Waals surface area contributed by atoms with Gasteiger partial charge in [0, 0.05) is 24.9 Å². The fraction of sp³-hybridized carbons (Fsp3) is 0.200. The molecule has 0 spiro atoms. The fourth-order valence-electron chi connectivity index (χ4n) is 2.75. The van der Waals surface area contributed by atoms with Crippen molar-refractivity contribution in [3.63, 3.8) is 0 Å². The minimum Gasteiger partial charge on any atom is -0.266 e. The summed E-state index contributed by atoms with van der Waals surface area (Å²) >= 11 is 1.24. The molecule has 0 saturated carbocycles. The van der Waals surface area contributed by atoms with E-state index in [2.05, 4.69) is 0 Å². The van der Waals surface area contributed by atoms with E-state index in [-0.39, 0.29) is 9.79 Å². The molecule has 0 aliphatic heterocycles. The van der Waals surface area contributed by atoms with E-state index in [0.717, 1.165) is 19.7 Å². The topological polar surface area (TPSA) is 74.8 Å². The Morgan fingerprint density at radius 2 is 0.931 bits per heavy atom. The largest absolute Gasteiger partial charge is 0.266 e. The predicted octanol–water partition coefficient (Wildman–Crippen LogP) is 4.02. The number of thiophene rings is 1. The second kappa shape index (κ2) is 7.81. The Kier molecular flexibility index (Phi) is 5.75. The molecular weight excluding hydrogens is 428 g/mol. The van der Waals surface area contributed by atoms with Crippen LogP contribution in [0.5, 0.6) is 0 Å². The van der Waals surface area contributed by atoms with Crippen molar-refractivity contribution in [2.75, 3.05) is 22.7 Å². The Hall–Kier alpha value is -2.36. The molecule has 0 amide bonds. The number of benzene rings is 2. The van der Waals surface area contributed by atoms with E-state index in [1.54, 1.807) is 59.3 Å². The third kappa shape index (κ3) is 4.03. The Morgan fingerprint density at radius 3 is 1.24 bits per heavy atom. The van der Waals surface area contributed by atoms with Gasteiger partial charge in [0.15, 0.2) is 0 Å². The Balaban J connectivity index is 2.00. The Labute approximate surface area is 176 Å². The van der Waals surface area contributed by atoms with Gasteiger partial charge in [-0.1, -0.05) is 35.4 Å². The van der Waals surface area contributed by atoms with E-state index in [9.17, 15) is 16.8 Å². The normalized spacial score (nSPS) is 12.0. The lowest BCUT2D eigenvalue weighted by atomic mass is 10.2. The van der Waals surface area contributed by atoms with Gasteiger partial charge in [-0.05, 0) is 38.1 Å². The third-order valence-corrected chi connectivity index (χ3v) is 8.95. The summed E-state index contributed by atoms with van der Waals surface area (Å²) in [6.07, 6.45) is 0. The lowest BCUT2D eigenvalue weighted by Crippen LogP contribution is -2.31. The zero-order valence-electron chi connectivity index (χ0n) is 16.5. The van der Waals surface area contributed by atoms with E-state index in [1.807, 2.05) is 13.8 Å². The monoisotopic (exact) mass is 450 g/mol. The molecule has 9 heteroatoms. The number of nitrogens with zero attached hydrogens (tertiary/aromatic N) is 2. The number of anilines is 2. The molecule has 0 N–H and O–H groups in total. The van der Waals surface area contributed by atoms with Crippen LogP contribution in [0.2, 0.25) is 0 Å². The van der Waals surface area contributed by atoms with Gasteiger partial charge in [-0.15, -0.1) is 11.3 Å². The average Bonchev–Trinajstić information content (AvgIpc) is 3.16. The van der Waals surface area contributed by atoms with Gasteiger partial charge in [-0.2, -0.15) is 0 Å². The molecule has 29 heavy (non-hydrogen) atoms. The lowest BCUT2D eigenvalue weighted by Gasteiger charge is -2.25. The molecule has 154 valence electrons. The minimum absolute atomic E-state index is 0.145. The molecular formula is C20H22N2O4S3. The third-order valence-electron chi connectivity index (χ3n) is 4.66. The van der Waals surface area contributed by atoms with Crippen LogP contribution in [0.15, 0.2) is 69.1 Å². The maximum atomic E-state index is 13.0. The highest BCUT2D eigenvalue weighted by Gasteiger charge is 2.29. The molecule has 1 aromatic heterocycles. The Morgan fingerprint density at radius 1 is 0.621 bits per heavy atom. The summed E-state index contributed by atoms with van der Waals surface area (Å²) in [5.74, 6) is 0. The van der Waals surface area contributed by atoms with Gasteiger partial charge in [0.2, 0.25) is 0 Å². The van der Waals surface area contributed by atoms with Crippen LogP contribution in [0, 0.1) is 13.8 Å². The average molecular weight is 451 g/mol. The van der Waals surface area contributed by atoms with Crippen molar-refractivity contribution in [2.24, 2.45) is 0 Å². The van der Waals surface area contributed by atoms with E-state index in [0.29, 0.717) is 11.4 Å². The van der Waals surface area contributed by atoms with Crippen molar-refractivity contribution < 1.29 is 16.8 Å². The number of aryl methyl sites for hydroxylation is 2. The number of hydrogen-bond acceptors (Lipinski definition) is 5. The fourth-order valence-corrected chi connectivity index (χ4v) is 6.17. The van der Waals surface area contributed by atoms with Crippen molar-refractivity contribution >= 4 is 42.8 Å². The van der Waals surface area contributed by atoms with Gasteiger partial charge < -0.3 is 0 Å². The number of hydrogen-bond donors (Lipinski definition) is 0. The SMILES string of the molecule is Cc1ccc(S(=O)(=O)N(C)c2cscc2N(C)S(=O)(=O)c2ccc(C)cc2)cc1. The molecule has 0 aliphatic rings. The van der Waals surface area contributed by atoms with Crippen LogP contribution < -0.4 is 8.61 Å². The highest BCUT2D eigenvalue weighted by molar-refractivity contribution is 7.93. The first-order valence-corrected chi connectivity index (χ1v) is 12.5. The van der Waals surface area contributed by atoms with Crippen molar-refractivity contribution in [3.8, 4) is 0 Å². The van der Waals surface area contributed by atoms with Crippen LogP contribution >= 0.6 is 11.3 Å². The maximum Gasteiger partial charge on any atom is 0.264 e. The first-order chi connectivity index (χ1) is 13.5. The van der Waals surface area contributed by atoms with Crippen LogP contribution in [0.1, 0.15) is 11.1 Å². The zero-order valence-corrected chi connectivity index (χ0v) is 19.0. The predicted molar refractivity (Wildman–Crippen MR) is 118 cm³/mol. The second-order valence-electron chi connectivity index (χ2n) is 6.71. The first-order valence-electron chi connectivity index (χ1n) is 8.72. The highest BCUT2D eigenvalue weighted by Crippen LogP contribution is 2.37. The van der Waals surface area contributed by atoms with Crippen LogP contribution in [0.4, 0.5) is 11.4 Å². The summed E-state index contributed by atoms with van der Waals surface area (Å²) in [7, 11) is -4.82. The summed E-state index contributed by atoms with van der Waals surface area (Å²) in [5.41, 5.74) is 2.50. The van der Waals surface area contributed by atoms with Gasteiger partial charge in [0.05, 0.1) is 21.2 Å². The van der Waals surface area contributed by atoms with Crippen LogP contribution in [0.25, 0.3) is 0 Å². The molecule has 6 nitrogen and oxygen atoms in total. The van der Waals surface area contributed by atoms with E-state index in [4.69, 9.17) is 0 Å². The molecule has 0 saturated heterocycles. The van der Waals surface area contributed by atoms with Gasteiger partial charge >= 0.3 is 0 Å². The summed E-state index contributed by atoms with van der Waals surface area (Å²) in [4.78, 5) is 0.290. The minimum atomic E-state index is -3.83. The second-order valence-corrected chi connectivity index (χ2v) is 11.4. The molecule has 0 aliphatic carbocycles. The summed E-state index contributed by atoms with van der Waals surface area (Å²) in [6, 6.07) is 13.1. The van der Waals surface area contributed by atoms with Crippen LogP contribution in [-0.4, -0.2) is 30.9 Å². The van der Waals surface area contributed by atoms with Gasteiger partial charge in [0.25, 0.3) is 20.0 Å². The lowest BCUT2D eigenvalue weighted by molar-refractivity contribution is 0.591. The molecule has 0 fully saturated rings. The van der Waals surface area contributed by atoms with Gasteiger partial charge in [-0.3, -0.25) is 8.61 Å². The van der Waals surface area contributed by atoms with Gasteiger partial charge in [-0.25, -0.2) is 16.8 Å². The molecule has 1 heterocycles. The smallest absolute Gasteiger partial charge is 0.264 e. The standard InChI is InChI=1S/C20H22N2O4S3/c1-15-5-9-17(10-6-15)28(23,24)21(3)19-13-27-14-20(19)22(4)29(25,26)18-11-7-16(2)8-12-18/h5-14H,1-4H3. The van der Waals surface area contributed by atoms with Crippen LogP contribution in [0.3, 0.4) is 0 Å². The number of sulfonamides is 2. The van der Waals surface area contributed by atoms with Gasteiger partial charge in [0.1, 0.15) is 0 Å². The highest BCUT2D eigenvalue weighted by atomic mass is 32.2. The van der Waals surface area contributed by atoms with E-state index < -0.39 is 20.0 Å². The summed E-state index contributed by atoms with van der Waals surface area (Å²) < 4.78 is 54.4. The molecule has 2 aromatic carbocycles. The van der Waals surface area contributed by atoms with Crippen molar-refractivity contribution in [1.29, 1.82) is 0 Å². The maximum absolute atomic E-state index is 13.0. The zero-order chi connectivity index (χ0) is 21.4. The molecule has 3 rings (SSSR count). The van der Waals surface area contributed by atoms with Crippen molar-refractivity contribution in [2.45, 2.75) is 23.6 Å². The number of rotatable bonds is 6. The quantitative estimate of drug-likeness (QED) is 0.569. The molecule has 0 unspecified atom stereocenters. The van der Waals surface area contributed by atoms with E-state index in [1.165, 1.54) is 25.4 Å². The molecule has 0 atom stereocenters. The van der Waals surface area contributed by atoms with Crippen molar-refractivity contribution in [3.05, 3.63) is 70.4 Å². The van der Waals surface area contributed by atoms with Crippen molar-refractivity contribution in [1.82, 2.24) is 0 Å². The Bertz CT molecular complexity index is 1120. The molecule has 3 aromatic rings. The molecule has 0 radical (unpaired) electrons. The molecule has 0 bridgehead atoms. The summed E-state index contributed by atoms with van der Waals surface area (Å²) in [5, 5.41) is 3.25. The summed E-state index contributed by atoms with van der Waals surface area (Å²) in [6.45, 7) is 3.75.